The molecule has 9 heteroatoms. The van der Waals surface area contributed by atoms with Gasteiger partial charge in [-0.3, -0.25) is 4.90 Å². The first-order chi connectivity index (χ1) is 17.0. The number of alkyl halides is 1. The van der Waals surface area contributed by atoms with Crippen LogP contribution in [0.1, 0.15) is 22.9 Å². The van der Waals surface area contributed by atoms with Crippen molar-refractivity contribution in [2.75, 3.05) is 56.4 Å². The molecule has 1 unspecified atom stereocenters. The average Bonchev–Trinajstić information content (AvgIpc) is 3.15. The molecule has 0 saturated heterocycles. The van der Waals surface area contributed by atoms with Gasteiger partial charge in [-0.15, -0.1) is 0 Å². The van der Waals surface area contributed by atoms with E-state index in [0.29, 0.717) is 44.5 Å². The summed E-state index contributed by atoms with van der Waals surface area (Å²) in [5.41, 5.74) is 5.49. The van der Waals surface area contributed by atoms with E-state index in [1.165, 1.54) is 5.56 Å². The largest absolute Gasteiger partial charge is 0.449 e. The number of nitrogens with zero attached hydrogens (tertiary/aromatic N) is 2. The van der Waals surface area contributed by atoms with Crippen LogP contribution in [0, 0.1) is 0 Å². The summed E-state index contributed by atoms with van der Waals surface area (Å²) in [6.45, 7) is 3.47. The Morgan fingerprint density at radius 1 is 1.14 bits per heavy atom. The number of nitrogens with one attached hydrogen (secondary N) is 1. The fourth-order valence-electron chi connectivity index (χ4n) is 4.67. The number of anilines is 1. The first kappa shape index (κ1) is 26.1. The number of benzene rings is 2. The third kappa shape index (κ3) is 5.87. The number of aryl methyl sites for hydroxylation is 1. The van der Waals surface area contributed by atoms with Gasteiger partial charge in [0.2, 0.25) is 0 Å². The molecule has 0 bridgehead atoms. The zero-order valence-corrected chi connectivity index (χ0v) is 23.0. The lowest BCUT2D eigenvalue weighted by Gasteiger charge is -2.36. The van der Waals surface area contributed by atoms with Crippen molar-refractivity contribution in [3.8, 4) is 0 Å². The van der Waals surface area contributed by atoms with Gasteiger partial charge in [-0.1, -0.05) is 46.3 Å². The highest BCUT2D eigenvalue weighted by molar-refractivity contribution is 14.1. The van der Waals surface area contributed by atoms with Crippen LogP contribution in [0.5, 0.6) is 0 Å². The molecule has 7 nitrogen and oxygen atoms in total. The second kappa shape index (κ2) is 12.3. The van der Waals surface area contributed by atoms with E-state index >= 15 is 0 Å². The van der Waals surface area contributed by atoms with Gasteiger partial charge in [0.1, 0.15) is 12.6 Å². The Morgan fingerprint density at radius 2 is 1.94 bits per heavy atom. The van der Waals surface area contributed by atoms with E-state index in [1.807, 2.05) is 35.2 Å². The van der Waals surface area contributed by atoms with Crippen LogP contribution in [0.2, 0.25) is 5.02 Å². The van der Waals surface area contributed by atoms with Crippen LogP contribution in [-0.4, -0.2) is 66.6 Å². The SMILES string of the molecule is COCCOCCNc1ccc(C2c3c(c4cc(Cl)ccc4n3C)CCN2C(=O)OCCI)cc1. The number of hydrogen-bond acceptors (Lipinski definition) is 5. The number of halogens is 2. The lowest BCUT2D eigenvalue weighted by Crippen LogP contribution is -2.41. The number of rotatable bonds is 10. The number of carbonyl (C=O) groups excluding carboxylic acids is 1. The fraction of sp³-hybridized carbons (Fsp3) is 0.423. The van der Waals surface area contributed by atoms with Crippen molar-refractivity contribution < 1.29 is 19.0 Å². The van der Waals surface area contributed by atoms with E-state index in [2.05, 4.69) is 51.7 Å². The minimum absolute atomic E-state index is 0.247. The first-order valence-corrected chi connectivity index (χ1v) is 13.6. The Hall–Kier alpha value is -2.01. The molecule has 4 rings (SSSR count). The van der Waals surface area contributed by atoms with Gasteiger partial charge in [-0.05, 0) is 47.9 Å². The molecule has 188 valence electrons. The van der Waals surface area contributed by atoms with E-state index < -0.39 is 0 Å². The minimum Gasteiger partial charge on any atom is -0.449 e. The predicted molar refractivity (Wildman–Crippen MR) is 148 cm³/mol. The first-order valence-electron chi connectivity index (χ1n) is 11.7. The summed E-state index contributed by atoms with van der Waals surface area (Å²) in [4.78, 5) is 14.9. The number of aromatic nitrogens is 1. The molecule has 0 fully saturated rings. The smallest absolute Gasteiger partial charge is 0.410 e. The maximum absolute atomic E-state index is 13.1. The fourth-order valence-corrected chi connectivity index (χ4v) is 5.06. The second-order valence-electron chi connectivity index (χ2n) is 8.39. The van der Waals surface area contributed by atoms with Gasteiger partial charge in [0.25, 0.3) is 0 Å². The van der Waals surface area contributed by atoms with Gasteiger partial charge < -0.3 is 24.1 Å². The Kier molecular flexibility index (Phi) is 9.16. The van der Waals surface area contributed by atoms with E-state index in [0.717, 1.165) is 38.7 Å². The number of methoxy groups -OCH3 is 1. The predicted octanol–water partition coefficient (Wildman–Crippen LogP) is 5.43. The van der Waals surface area contributed by atoms with Gasteiger partial charge >= 0.3 is 6.09 Å². The Balaban J connectivity index is 1.62. The van der Waals surface area contributed by atoms with Crippen molar-refractivity contribution in [2.45, 2.75) is 12.5 Å². The van der Waals surface area contributed by atoms with Gasteiger partial charge in [-0.25, -0.2) is 4.79 Å². The van der Waals surface area contributed by atoms with Gasteiger partial charge in [0.15, 0.2) is 0 Å². The van der Waals surface area contributed by atoms with Crippen LogP contribution in [0.4, 0.5) is 10.5 Å². The molecule has 1 aliphatic rings. The van der Waals surface area contributed by atoms with Gasteiger partial charge in [-0.2, -0.15) is 0 Å². The Morgan fingerprint density at radius 3 is 2.69 bits per heavy atom. The van der Waals surface area contributed by atoms with Crippen LogP contribution in [0.3, 0.4) is 0 Å². The standard InChI is InChI=1S/C26H31ClIN3O4/c1-30-23-8-5-19(27)17-22(23)21-9-12-31(26(32)35-13-10-28)24(25(21)30)18-3-6-20(7-4-18)29-11-14-34-16-15-33-2/h3-8,17,24,29H,9-16H2,1-2H3. The summed E-state index contributed by atoms with van der Waals surface area (Å²) >= 11 is 8.55. The van der Waals surface area contributed by atoms with Crippen LogP contribution < -0.4 is 5.32 Å². The topological polar surface area (TPSA) is 65.0 Å². The van der Waals surface area contributed by atoms with Crippen LogP contribution in [0.15, 0.2) is 42.5 Å². The Bertz CT molecular complexity index is 1150. The minimum atomic E-state index is -0.281. The molecule has 0 spiro atoms. The summed E-state index contributed by atoms with van der Waals surface area (Å²) in [6, 6.07) is 14.0. The van der Waals surface area contributed by atoms with Crippen molar-refractivity contribution in [3.05, 3.63) is 64.3 Å². The van der Waals surface area contributed by atoms with E-state index in [9.17, 15) is 4.79 Å². The molecule has 1 aliphatic heterocycles. The Labute approximate surface area is 224 Å². The van der Waals surface area contributed by atoms with Gasteiger partial charge in [0, 0.05) is 59.0 Å². The number of amides is 1. The van der Waals surface area contributed by atoms with Crippen molar-refractivity contribution in [3.63, 3.8) is 0 Å². The molecule has 1 N–H and O–H groups in total. The summed E-state index contributed by atoms with van der Waals surface area (Å²) in [6.07, 6.45) is 0.474. The third-order valence-corrected chi connectivity index (χ3v) is 6.94. The van der Waals surface area contributed by atoms with Crippen LogP contribution in [-0.2, 0) is 27.7 Å². The number of carbonyl (C=O) groups is 1. The molecule has 2 aromatic carbocycles. The summed E-state index contributed by atoms with van der Waals surface area (Å²) in [5, 5.41) is 5.24. The molecule has 3 aromatic rings. The normalized spacial score (nSPS) is 15.3. The highest BCUT2D eigenvalue weighted by Crippen LogP contribution is 2.41. The molecular formula is C26H31ClIN3O4. The molecule has 0 aliphatic carbocycles. The third-order valence-electron chi connectivity index (χ3n) is 6.26. The summed E-state index contributed by atoms with van der Waals surface area (Å²) in [5.74, 6) is 0. The van der Waals surface area contributed by atoms with Gasteiger partial charge in [0.05, 0.1) is 19.8 Å². The number of ether oxygens (including phenoxy) is 3. The molecule has 1 aromatic heterocycles. The highest BCUT2D eigenvalue weighted by Gasteiger charge is 2.36. The van der Waals surface area contributed by atoms with Crippen molar-refractivity contribution in [1.29, 1.82) is 0 Å². The monoisotopic (exact) mass is 611 g/mol. The molecule has 1 atom stereocenters. The van der Waals surface area contributed by atoms with Crippen molar-refractivity contribution >= 4 is 56.9 Å². The second-order valence-corrected chi connectivity index (χ2v) is 9.90. The van der Waals surface area contributed by atoms with E-state index in [-0.39, 0.29) is 12.1 Å². The molecule has 0 radical (unpaired) electrons. The van der Waals surface area contributed by atoms with Crippen LogP contribution >= 0.6 is 34.2 Å². The molecule has 0 saturated carbocycles. The van der Waals surface area contributed by atoms with Crippen LogP contribution in [0.25, 0.3) is 10.9 Å². The lowest BCUT2D eigenvalue weighted by atomic mass is 9.92. The highest BCUT2D eigenvalue weighted by atomic mass is 127. The molecule has 35 heavy (non-hydrogen) atoms. The quantitative estimate of drug-likeness (QED) is 0.188. The summed E-state index contributed by atoms with van der Waals surface area (Å²) in [7, 11) is 3.72. The summed E-state index contributed by atoms with van der Waals surface area (Å²) < 4.78 is 19.0. The molecule has 2 heterocycles. The zero-order chi connectivity index (χ0) is 24.8. The maximum Gasteiger partial charge on any atom is 0.410 e. The van der Waals surface area contributed by atoms with E-state index in [4.69, 9.17) is 25.8 Å². The van der Waals surface area contributed by atoms with E-state index in [1.54, 1.807) is 7.11 Å². The number of hydrogen-bond donors (Lipinski definition) is 1. The molecule has 1 amide bonds. The zero-order valence-electron chi connectivity index (χ0n) is 20.1. The van der Waals surface area contributed by atoms with Crippen molar-refractivity contribution in [1.82, 2.24) is 9.47 Å². The molecular weight excluding hydrogens is 581 g/mol. The lowest BCUT2D eigenvalue weighted by molar-refractivity contribution is 0.0759. The van der Waals surface area contributed by atoms with Crippen molar-refractivity contribution in [2.24, 2.45) is 7.05 Å². The number of fused-ring (bicyclic) bond motifs is 3. The average molecular weight is 612 g/mol. The maximum atomic E-state index is 13.1.